The molecule has 2 aromatic carbocycles. The Hall–Kier alpha value is -2.42. The third-order valence-corrected chi connectivity index (χ3v) is 6.04. The van der Waals surface area contributed by atoms with Crippen LogP contribution in [0.1, 0.15) is 81.0 Å². The number of nitrogens with one attached hydrogen (secondary N) is 1. The van der Waals surface area contributed by atoms with E-state index in [1.54, 1.807) is 0 Å². The van der Waals surface area contributed by atoms with E-state index in [1.165, 1.54) is 41.5 Å². The van der Waals surface area contributed by atoms with Crippen molar-refractivity contribution in [3.63, 3.8) is 0 Å². The Labute approximate surface area is 167 Å². The summed E-state index contributed by atoms with van der Waals surface area (Å²) >= 11 is 0. The lowest BCUT2D eigenvalue weighted by Crippen LogP contribution is -2.12. The van der Waals surface area contributed by atoms with E-state index in [-0.39, 0.29) is 5.56 Å². The van der Waals surface area contributed by atoms with Crippen molar-refractivity contribution < 1.29 is 0 Å². The zero-order chi connectivity index (χ0) is 19.8. The van der Waals surface area contributed by atoms with E-state index in [2.05, 4.69) is 63.0 Å². The molecule has 1 N–H and O–H groups in total. The van der Waals surface area contributed by atoms with E-state index in [9.17, 15) is 4.79 Å². The van der Waals surface area contributed by atoms with Gasteiger partial charge in [-0.2, -0.15) is 0 Å². The predicted octanol–water partition coefficient (Wildman–Crippen LogP) is 6.11. The van der Waals surface area contributed by atoms with Crippen molar-refractivity contribution in [2.24, 2.45) is 0 Å². The van der Waals surface area contributed by atoms with Crippen LogP contribution in [-0.4, -0.2) is 9.97 Å². The Balaban J connectivity index is 1.89. The molecule has 3 nitrogen and oxygen atoms in total. The standard InChI is InChI=1S/C25H30N2O/c1-15(2)17-10-11-20(21(12-17)16(3)4)24-26-23-14-19-9-7-5-6-8-18(19)13-22(23)25(28)27-24/h10-16H,5-9H2,1-4H3,(H,26,27,28). The maximum atomic E-state index is 12.9. The van der Waals surface area contributed by atoms with E-state index < -0.39 is 0 Å². The highest BCUT2D eigenvalue weighted by Gasteiger charge is 2.16. The lowest BCUT2D eigenvalue weighted by Gasteiger charge is -2.16. The molecule has 1 aromatic heterocycles. The zero-order valence-corrected chi connectivity index (χ0v) is 17.4. The molecule has 3 aromatic rings. The van der Waals surface area contributed by atoms with E-state index in [0.29, 0.717) is 23.0 Å². The molecule has 0 radical (unpaired) electrons. The van der Waals surface area contributed by atoms with Crippen molar-refractivity contribution >= 4 is 10.9 Å². The average molecular weight is 375 g/mol. The van der Waals surface area contributed by atoms with Gasteiger partial charge in [-0.15, -0.1) is 0 Å². The molecule has 1 aliphatic rings. The van der Waals surface area contributed by atoms with Crippen molar-refractivity contribution in [2.75, 3.05) is 0 Å². The molecule has 1 aliphatic carbocycles. The highest BCUT2D eigenvalue weighted by Crippen LogP contribution is 2.31. The molecule has 4 rings (SSSR count). The van der Waals surface area contributed by atoms with Gasteiger partial charge in [-0.25, -0.2) is 4.98 Å². The van der Waals surface area contributed by atoms with Crippen LogP contribution in [0.5, 0.6) is 0 Å². The van der Waals surface area contributed by atoms with Crippen molar-refractivity contribution in [3.05, 3.63) is 62.9 Å². The smallest absolute Gasteiger partial charge is 0.259 e. The molecule has 3 heteroatoms. The van der Waals surface area contributed by atoms with Crippen LogP contribution in [0.2, 0.25) is 0 Å². The Morgan fingerprint density at radius 2 is 1.61 bits per heavy atom. The first-order valence-electron chi connectivity index (χ1n) is 10.6. The highest BCUT2D eigenvalue weighted by molar-refractivity contribution is 5.81. The van der Waals surface area contributed by atoms with Gasteiger partial charge in [0.15, 0.2) is 0 Å². The number of aryl methyl sites for hydroxylation is 2. The van der Waals surface area contributed by atoms with E-state index in [0.717, 1.165) is 23.9 Å². The molecule has 146 valence electrons. The molecule has 0 atom stereocenters. The lowest BCUT2D eigenvalue weighted by molar-refractivity contribution is 0.712. The fraction of sp³-hybridized carbons (Fsp3) is 0.440. The van der Waals surface area contributed by atoms with Gasteiger partial charge in [0.25, 0.3) is 5.56 Å². The van der Waals surface area contributed by atoms with Crippen LogP contribution >= 0.6 is 0 Å². The van der Waals surface area contributed by atoms with Crippen molar-refractivity contribution in [3.8, 4) is 11.4 Å². The van der Waals surface area contributed by atoms with Crippen molar-refractivity contribution in [1.29, 1.82) is 0 Å². The second-order valence-corrected chi connectivity index (χ2v) is 8.77. The van der Waals surface area contributed by atoms with Gasteiger partial charge in [0.1, 0.15) is 5.82 Å². The summed E-state index contributed by atoms with van der Waals surface area (Å²) in [5, 5.41) is 0.717. The van der Waals surface area contributed by atoms with Crippen molar-refractivity contribution in [2.45, 2.75) is 71.6 Å². The third-order valence-electron chi connectivity index (χ3n) is 6.04. The van der Waals surface area contributed by atoms with E-state index >= 15 is 0 Å². The van der Waals surface area contributed by atoms with Crippen LogP contribution in [0.15, 0.2) is 35.1 Å². The minimum atomic E-state index is -0.0327. The number of aromatic nitrogens is 2. The Morgan fingerprint density at radius 3 is 2.29 bits per heavy atom. The zero-order valence-electron chi connectivity index (χ0n) is 17.4. The fourth-order valence-electron chi connectivity index (χ4n) is 4.31. The number of nitrogens with zero attached hydrogens (tertiary/aromatic N) is 1. The molecular weight excluding hydrogens is 344 g/mol. The summed E-state index contributed by atoms with van der Waals surface area (Å²) in [7, 11) is 0. The number of benzene rings is 2. The third kappa shape index (κ3) is 3.50. The summed E-state index contributed by atoms with van der Waals surface area (Å²) in [6.45, 7) is 8.81. The number of hydrogen-bond donors (Lipinski definition) is 1. The quantitative estimate of drug-likeness (QED) is 0.563. The highest BCUT2D eigenvalue weighted by atomic mass is 16.1. The van der Waals surface area contributed by atoms with Gasteiger partial charge in [-0.05, 0) is 71.9 Å². The molecule has 0 fully saturated rings. The van der Waals surface area contributed by atoms with Crippen LogP contribution in [0, 0.1) is 0 Å². The van der Waals surface area contributed by atoms with Gasteiger partial charge in [0.05, 0.1) is 10.9 Å². The van der Waals surface area contributed by atoms with Crippen LogP contribution in [0.3, 0.4) is 0 Å². The lowest BCUT2D eigenvalue weighted by atomic mass is 9.91. The maximum Gasteiger partial charge on any atom is 0.259 e. The first-order valence-corrected chi connectivity index (χ1v) is 10.6. The van der Waals surface area contributed by atoms with Crippen LogP contribution < -0.4 is 5.56 Å². The predicted molar refractivity (Wildman–Crippen MR) is 117 cm³/mol. The second-order valence-electron chi connectivity index (χ2n) is 8.77. The topological polar surface area (TPSA) is 45.8 Å². The van der Waals surface area contributed by atoms with Gasteiger partial charge >= 0.3 is 0 Å². The fourth-order valence-corrected chi connectivity index (χ4v) is 4.31. The SMILES string of the molecule is CC(C)c1ccc(-c2nc3cc4c(cc3c(=O)[nH]2)CCCCC4)c(C(C)C)c1. The van der Waals surface area contributed by atoms with Crippen LogP contribution in [0.4, 0.5) is 0 Å². The molecule has 0 saturated carbocycles. The van der Waals surface area contributed by atoms with Gasteiger partial charge < -0.3 is 4.98 Å². The Bertz CT molecular complexity index is 1080. The largest absolute Gasteiger partial charge is 0.306 e. The summed E-state index contributed by atoms with van der Waals surface area (Å²) in [6, 6.07) is 10.8. The van der Waals surface area contributed by atoms with Gasteiger partial charge in [-0.1, -0.05) is 52.3 Å². The number of hydrogen-bond acceptors (Lipinski definition) is 2. The normalized spacial score (nSPS) is 14.5. The van der Waals surface area contributed by atoms with E-state index in [4.69, 9.17) is 4.98 Å². The van der Waals surface area contributed by atoms with Crippen LogP contribution in [-0.2, 0) is 12.8 Å². The molecule has 0 amide bonds. The molecular formula is C25H30N2O. The average Bonchev–Trinajstić information content (AvgIpc) is 2.90. The molecule has 28 heavy (non-hydrogen) atoms. The minimum absolute atomic E-state index is 0.0327. The minimum Gasteiger partial charge on any atom is -0.306 e. The first kappa shape index (κ1) is 18.9. The Kier molecular flexibility index (Phi) is 5.09. The summed E-state index contributed by atoms with van der Waals surface area (Å²) in [5.74, 6) is 1.53. The van der Waals surface area contributed by atoms with Crippen LogP contribution in [0.25, 0.3) is 22.3 Å². The summed E-state index contributed by atoms with van der Waals surface area (Å²) in [4.78, 5) is 20.9. The number of rotatable bonds is 3. The molecule has 0 saturated heterocycles. The van der Waals surface area contributed by atoms with Crippen molar-refractivity contribution in [1.82, 2.24) is 9.97 Å². The monoisotopic (exact) mass is 374 g/mol. The molecule has 1 heterocycles. The molecule has 0 aliphatic heterocycles. The maximum absolute atomic E-state index is 12.9. The van der Waals surface area contributed by atoms with Gasteiger partial charge in [0, 0.05) is 5.56 Å². The first-order chi connectivity index (χ1) is 13.4. The number of H-pyrrole nitrogens is 1. The van der Waals surface area contributed by atoms with E-state index in [1.807, 2.05) is 0 Å². The van der Waals surface area contributed by atoms with Gasteiger partial charge in [-0.3, -0.25) is 4.79 Å². The van der Waals surface area contributed by atoms with Gasteiger partial charge in [0.2, 0.25) is 0 Å². The molecule has 0 spiro atoms. The number of aromatic amines is 1. The second kappa shape index (κ2) is 7.54. The summed E-state index contributed by atoms with van der Waals surface area (Å²) in [6.07, 6.45) is 5.86. The molecule has 0 bridgehead atoms. The molecule has 0 unspecified atom stereocenters. The Morgan fingerprint density at radius 1 is 0.893 bits per heavy atom. The summed E-state index contributed by atoms with van der Waals surface area (Å²) < 4.78 is 0. The summed E-state index contributed by atoms with van der Waals surface area (Å²) in [5.41, 5.74) is 7.08. The number of fused-ring (bicyclic) bond motifs is 2.